The molecular weight excluding hydrogens is 172 g/mol. The first-order valence-electron chi connectivity index (χ1n) is 4.50. The van der Waals surface area contributed by atoms with Gasteiger partial charge in [-0.1, -0.05) is 18.7 Å². The van der Waals surface area contributed by atoms with Gasteiger partial charge < -0.3 is 4.74 Å². The van der Waals surface area contributed by atoms with Gasteiger partial charge in [0.25, 0.3) is 0 Å². The zero-order valence-corrected chi connectivity index (χ0v) is 8.83. The van der Waals surface area contributed by atoms with E-state index in [1.807, 2.05) is 0 Å². The Bertz CT molecular complexity index is 135. The summed E-state index contributed by atoms with van der Waals surface area (Å²) in [7, 11) is 0. The van der Waals surface area contributed by atoms with Gasteiger partial charge in [-0.05, 0) is 19.6 Å². The van der Waals surface area contributed by atoms with Crippen LogP contribution in [0, 0.1) is 0 Å². The van der Waals surface area contributed by atoms with E-state index in [0.717, 1.165) is 18.8 Å². The second-order valence-corrected chi connectivity index (χ2v) is 4.51. The van der Waals surface area contributed by atoms with Gasteiger partial charge in [0.1, 0.15) is 0 Å². The summed E-state index contributed by atoms with van der Waals surface area (Å²) in [6.07, 6.45) is 0.252. The number of nitrogens with one attached hydrogen (secondary N) is 2. The zero-order valence-electron chi connectivity index (χ0n) is 8.02. The number of ether oxygens (including phenoxy) is 1. The largest absolute Gasteiger partial charge is 0.336 e. The van der Waals surface area contributed by atoms with Crippen LogP contribution in [-0.4, -0.2) is 30.1 Å². The molecule has 0 aromatic carbocycles. The molecule has 0 bridgehead atoms. The highest BCUT2D eigenvalue weighted by Crippen LogP contribution is 2.24. The molecule has 72 valence electrons. The Hall–Kier alpha value is 0.230. The van der Waals surface area contributed by atoms with Crippen LogP contribution in [0.1, 0.15) is 20.8 Å². The Morgan fingerprint density at radius 3 is 2.42 bits per heavy atom. The lowest BCUT2D eigenvalue weighted by molar-refractivity contribution is -0.0395. The predicted octanol–water partition coefficient (Wildman–Crippen LogP) is 0.969. The smallest absolute Gasteiger partial charge is 0.225 e. The highest BCUT2D eigenvalue weighted by molar-refractivity contribution is 8.00. The molecule has 1 saturated heterocycles. The minimum atomic E-state index is -0.317. The van der Waals surface area contributed by atoms with Gasteiger partial charge >= 0.3 is 0 Å². The predicted molar refractivity (Wildman–Crippen MR) is 53.1 cm³/mol. The van der Waals surface area contributed by atoms with E-state index in [1.165, 1.54) is 0 Å². The van der Waals surface area contributed by atoms with E-state index in [9.17, 15) is 0 Å². The average Bonchev–Trinajstić information content (AvgIpc) is 2.36. The van der Waals surface area contributed by atoms with Gasteiger partial charge in [-0.25, -0.2) is 0 Å². The third kappa shape index (κ3) is 2.62. The summed E-state index contributed by atoms with van der Waals surface area (Å²) in [5, 5.41) is 6.35. The molecule has 0 unspecified atom stereocenters. The molecular formula is C8H18N2OS. The molecule has 1 aliphatic rings. The lowest BCUT2D eigenvalue weighted by Crippen LogP contribution is -2.50. The Morgan fingerprint density at radius 1 is 1.42 bits per heavy atom. The summed E-state index contributed by atoms with van der Waals surface area (Å²) >= 11 is 1.77. The Balaban J connectivity index is 2.46. The van der Waals surface area contributed by atoms with Crippen LogP contribution in [0.4, 0.5) is 0 Å². The van der Waals surface area contributed by atoms with Crippen molar-refractivity contribution < 1.29 is 4.74 Å². The quantitative estimate of drug-likeness (QED) is 0.647. The molecule has 0 amide bonds. The van der Waals surface area contributed by atoms with Gasteiger partial charge in [0.15, 0.2) is 0 Å². The lowest BCUT2D eigenvalue weighted by atomic mass is 10.5. The van der Waals surface area contributed by atoms with E-state index >= 15 is 0 Å². The van der Waals surface area contributed by atoms with Crippen LogP contribution < -0.4 is 10.6 Å². The summed E-state index contributed by atoms with van der Waals surface area (Å²) in [5.41, 5.74) is 0. The maximum Gasteiger partial charge on any atom is 0.225 e. The molecule has 0 saturated carbocycles. The molecule has 0 spiro atoms. The first kappa shape index (κ1) is 10.3. The third-order valence-corrected chi connectivity index (χ3v) is 2.67. The molecule has 4 heteroatoms. The zero-order chi connectivity index (χ0) is 9.03. The molecule has 12 heavy (non-hydrogen) atoms. The molecule has 0 aromatic rings. The van der Waals surface area contributed by atoms with Crippen LogP contribution in [0.3, 0.4) is 0 Å². The molecule has 0 aliphatic carbocycles. The van der Waals surface area contributed by atoms with E-state index in [2.05, 4.69) is 31.4 Å². The molecule has 3 nitrogen and oxygen atoms in total. The van der Waals surface area contributed by atoms with Gasteiger partial charge in [-0.2, -0.15) is 0 Å². The topological polar surface area (TPSA) is 33.3 Å². The summed E-state index contributed by atoms with van der Waals surface area (Å²) in [5.74, 6) is 1.05. The van der Waals surface area contributed by atoms with Crippen molar-refractivity contribution in [3.63, 3.8) is 0 Å². The van der Waals surface area contributed by atoms with E-state index in [0.29, 0.717) is 0 Å². The maximum atomic E-state index is 5.78. The van der Waals surface area contributed by atoms with Crippen molar-refractivity contribution >= 4 is 11.8 Å². The van der Waals surface area contributed by atoms with Crippen LogP contribution in [0.25, 0.3) is 0 Å². The molecule has 1 rings (SSSR count). The summed E-state index contributed by atoms with van der Waals surface area (Å²) < 4.78 is 5.78. The Labute approximate surface area is 78.6 Å². The fraction of sp³-hybridized carbons (Fsp3) is 1.00. The van der Waals surface area contributed by atoms with Gasteiger partial charge in [-0.15, -0.1) is 0 Å². The minimum absolute atomic E-state index is 0.252. The highest BCUT2D eigenvalue weighted by atomic mass is 32.2. The van der Waals surface area contributed by atoms with Crippen molar-refractivity contribution in [2.24, 2.45) is 0 Å². The average molecular weight is 190 g/mol. The number of hydrogen-bond donors (Lipinski definition) is 2. The molecule has 2 N–H and O–H groups in total. The van der Waals surface area contributed by atoms with Crippen LogP contribution in [0.15, 0.2) is 0 Å². The Kier molecular flexibility index (Phi) is 3.83. The standard InChI is InChI=1S/C8H18N2OS/c1-4-12-8(11-7(2)3)9-5-6-10-8/h7,9-10H,4-6H2,1-3H3. The summed E-state index contributed by atoms with van der Waals surface area (Å²) in [4.78, 5) is 0. The minimum Gasteiger partial charge on any atom is -0.336 e. The molecule has 1 aliphatic heterocycles. The number of thioether (sulfide) groups is 1. The lowest BCUT2D eigenvalue weighted by Gasteiger charge is -2.30. The summed E-state index contributed by atoms with van der Waals surface area (Å²) in [6, 6.07) is 0. The first-order valence-corrected chi connectivity index (χ1v) is 5.49. The molecule has 1 fully saturated rings. The molecule has 0 aromatic heterocycles. The fourth-order valence-corrected chi connectivity index (χ4v) is 2.35. The van der Waals surface area contributed by atoms with E-state index in [1.54, 1.807) is 11.8 Å². The van der Waals surface area contributed by atoms with Crippen LogP contribution in [-0.2, 0) is 4.74 Å². The number of hydrogen-bond acceptors (Lipinski definition) is 4. The fourth-order valence-electron chi connectivity index (χ4n) is 1.27. The normalized spacial score (nSPS) is 22.0. The Morgan fingerprint density at radius 2 is 2.00 bits per heavy atom. The van der Waals surface area contributed by atoms with Crippen molar-refractivity contribution in [1.29, 1.82) is 0 Å². The molecule has 0 radical (unpaired) electrons. The summed E-state index contributed by atoms with van der Waals surface area (Å²) in [6.45, 7) is 8.22. The second kappa shape index (κ2) is 4.46. The van der Waals surface area contributed by atoms with Gasteiger partial charge in [0, 0.05) is 13.1 Å². The maximum absolute atomic E-state index is 5.78. The van der Waals surface area contributed by atoms with Crippen molar-refractivity contribution in [3.05, 3.63) is 0 Å². The first-order chi connectivity index (χ1) is 5.68. The van der Waals surface area contributed by atoms with E-state index in [-0.39, 0.29) is 11.3 Å². The van der Waals surface area contributed by atoms with Crippen LogP contribution >= 0.6 is 11.8 Å². The van der Waals surface area contributed by atoms with E-state index in [4.69, 9.17) is 4.74 Å². The molecule has 1 heterocycles. The van der Waals surface area contributed by atoms with Gasteiger partial charge in [-0.3, -0.25) is 10.6 Å². The van der Waals surface area contributed by atoms with E-state index < -0.39 is 0 Å². The SMILES string of the molecule is CCSC1(OC(C)C)NCCN1. The van der Waals surface area contributed by atoms with Crippen LogP contribution in [0.2, 0.25) is 0 Å². The van der Waals surface area contributed by atoms with Gasteiger partial charge in [0.05, 0.1) is 6.10 Å². The second-order valence-electron chi connectivity index (χ2n) is 3.07. The third-order valence-electron chi connectivity index (χ3n) is 1.59. The monoisotopic (exact) mass is 190 g/mol. The van der Waals surface area contributed by atoms with Crippen molar-refractivity contribution in [2.75, 3.05) is 18.8 Å². The van der Waals surface area contributed by atoms with Crippen molar-refractivity contribution in [3.8, 4) is 0 Å². The number of rotatable bonds is 4. The highest BCUT2D eigenvalue weighted by Gasteiger charge is 2.34. The van der Waals surface area contributed by atoms with Gasteiger partial charge in [0.2, 0.25) is 5.18 Å². The van der Waals surface area contributed by atoms with Crippen LogP contribution in [0.5, 0.6) is 0 Å². The van der Waals surface area contributed by atoms with Crippen molar-refractivity contribution in [1.82, 2.24) is 10.6 Å². The molecule has 0 atom stereocenters. The van der Waals surface area contributed by atoms with Crippen molar-refractivity contribution in [2.45, 2.75) is 32.1 Å².